The Labute approximate surface area is 89.1 Å². The summed E-state index contributed by atoms with van der Waals surface area (Å²) in [5.41, 5.74) is 0.419. The van der Waals surface area contributed by atoms with Crippen LogP contribution in [0.5, 0.6) is 0 Å². The molecule has 1 rings (SSSR count). The van der Waals surface area contributed by atoms with E-state index >= 15 is 0 Å². The lowest BCUT2D eigenvalue weighted by atomic mass is 9.79. The summed E-state index contributed by atoms with van der Waals surface area (Å²) in [6, 6.07) is 0.742. The molecule has 0 bridgehead atoms. The van der Waals surface area contributed by atoms with Crippen LogP contribution in [0.3, 0.4) is 0 Å². The fourth-order valence-corrected chi connectivity index (χ4v) is 2.68. The van der Waals surface area contributed by atoms with Crippen LogP contribution in [0.2, 0.25) is 0 Å². The highest BCUT2D eigenvalue weighted by molar-refractivity contribution is 4.91. The van der Waals surface area contributed by atoms with Crippen molar-refractivity contribution in [2.24, 2.45) is 11.3 Å². The maximum atomic E-state index is 3.49. The predicted octanol–water partition coefficient (Wildman–Crippen LogP) is 1.96. The van der Waals surface area contributed by atoms with E-state index in [-0.39, 0.29) is 0 Å². The molecule has 0 aromatic heterocycles. The van der Waals surface area contributed by atoms with Crippen molar-refractivity contribution >= 4 is 0 Å². The van der Waals surface area contributed by atoms with Crippen LogP contribution in [0.4, 0.5) is 0 Å². The third-order valence-electron chi connectivity index (χ3n) is 3.26. The molecule has 1 fully saturated rings. The Morgan fingerprint density at radius 1 is 1.43 bits per heavy atom. The molecule has 1 aliphatic heterocycles. The van der Waals surface area contributed by atoms with E-state index in [9.17, 15) is 0 Å². The topological polar surface area (TPSA) is 15.3 Å². The Bertz CT molecular complexity index is 175. The van der Waals surface area contributed by atoms with Crippen molar-refractivity contribution in [2.45, 2.75) is 40.2 Å². The van der Waals surface area contributed by atoms with Crippen LogP contribution in [0.25, 0.3) is 0 Å². The van der Waals surface area contributed by atoms with Gasteiger partial charge in [0.05, 0.1) is 0 Å². The number of hydrogen-bond donors (Lipinski definition) is 1. The lowest BCUT2D eigenvalue weighted by molar-refractivity contribution is 0.0716. The quantitative estimate of drug-likeness (QED) is 0.746. The first-order chi connectivity index (χ1) is 6.43. The van der Waals surface area contributed by atoms with Gasteiger partial charge in [-0.1, -0.05) is 27.7 Å². The first kappa shape index (κ1) is 12.0. The average Bonchev–Trinajstić information content (AvgIpc) is 2.01. The SMILES string of the molecule is CC(C)CN(C)C1CCNCC1(C)C. The molecule has 0 aliphatic carbocycles. The van der Waals surface area contributed by atoms with E-state index in [2.05, 4.69) is 45.0 Å². The Hall–Kier alpha value is -0.0800. The molecule has 1 atom stereocenters. The van der Waals surface area contributed by atoms with Gasteiger partial charge in [0.15, 0.2) is 0 Å². The van der Waals surface area contributed by atoms with Crippen LogP contribution in [0.1, 0.15) is 34.1 Å². The van der Waals surface area contributed by atoms with Crippen molar-refractivity contribution in [3.8, 4) is 0 Å². The van der Waals surface area contributed by atoms with Gasteiger partial charge in [0.1, 0.15) is 0 Å². The van der Waals surface area contributed by atoms with Gasteiger partial charge in [0.25, 0.3) is 0 Å². The number of nitrogens with one attached hydrogen (secondary N) is 1. The van der Waals surface area contributed by atoms with Crippen LogP contribution in [-0.4, -0.2) is 37.6 Å². The van der Waals surface area contributed by atoms with Crippen molar-refractivity contribution in [1.29, 1.82) is 0 Å². The van der Waals surface area contributed by atoms with Crippen molar-refractivity contribution < 1.29 is 0 Å². The van der Waals surface area contributed by atoms with Gasteiger partial charge in [-0.2, -0.15) is 0 Å². The zero-order valence-electron chi connectivity index (χ0n) is 10.4. The molecule has 2 heteroatoms. The fraction of sp³-hybridized carbons (Fsp3) is 1.00. The van der Waals surface area contributed by atoms with E-state index in [0.29, 0.717) is 5.41 Å². The summed E-state index contributed by atoms with van der Waals surface area (Å²) in [4.78, 5) is 2.55. The molecule has 0 spiro atoms. The van der Waals surface area contributed by atoms with Gasteiger partial charge in [0.2, 0.25) is 0 Å². The molecular formula is C12H26N2. The van der Waals surface area contributed by atoms with E-state index < -0.39 is 0 Å². The summed E-state index contributed by atoms with van der Waals surface area (Å²) in [5.74, 6) is 0.769. The van der Waals surface area contributed by atoms with Crippen LogP contribution < -0.4 is 5.32 Å². The highest BCUT2D eigenvalue weighted by Crippen LogP contribution is 2.29. The first-order valence-electron chi connectivity index (χ1n) is 5.84. The van der Waals surface area contributed by atoms with Gasteiger partial charge in [0, 0.05) is 19.1 Å². The monoisotopic (exact) mass is 198 g/mol. The Morgan fingerprint density at radius 3 is 2.57 bits per heavy atom. The minimum absolute atomic E-state index is 0.419. The molecule has 0 radical (unpaired) electrons. The van der Waals surface area contributed by atoms with Gasteiger partial charge < -0.3 is 10.2 Å². The maximum absolute atomic E-state index is 3.49. The second-order valence-corrected chi connectivity index (χ2v) is 5.80. The van der Waals surface area contributed by atoms with Gasteiger partial charge in [-0.25, -0.2) is 0 Å². The molecule has 2 nitrogen and oxygen atoms in total. The molecule has 0 aromatic rings. The van der Waals surface area contributed by atoms with Crippen molar-refractivity contribution in [3.63, 3.8) is 0 Å². The Morgan fingerprint density at radius 2 is 2.07 bits per heavy atom. The third-order valence-corrected chi connectivity index (χ3v) is 3.26. The molecule has 1 N–H and O–H groups in total. The lowest BCUT2D eigenvalue weighted by Crippen LogP contribution is -2.54. The third kappa shape index (κ3) is 2.96. The standard InChI is InChI=1S/C12H26N2/c1-10(2)8-14(5)11-6-7-13-9-12(11,3)4/h10-11,13H,6-9H2,1-5H3. The van der Waals surface area contributed by atoms with E-state index in [4.69, 9.17) is 0 Å². The van der Waals surface area contributed by atoms with Crippen molar-refractivity contribution in [3.05, 3.63) is 0 Å². The molecule has 0 amide bonds. The fourth-order valence-electron chi connectivity index (χ4n) is 2.68. The maximum Gasteiger partial charge on any atom is 0.0168 e. The summed E-state index contributed by atoms with van der Waals surface area (Å²) >= 11 is 0. The molecule has 1 aliphatic rings. The molecule has 1 unspecified atom stereocenters. The molecule has 0 aromatic carbocycles. The Kier molecular flexibility index (Phi) is 3.96. The highest BCUT2D eigenvalue weighted by atomic mass is 15.2. The molecule has 84 valence electrons. The largest absolute Gasteiger partial charge is 0.316 e. The van der Waals surface area contributed by atoms with Gasteiger partial charge >= 0.3 is 0 Å². The smallest absolute Gasteiger partial charge is 0.0168 e. The second-order valence-electron chi connectivity index (χ2n) is 5.80. The number of hydrogen-bond acceptors (Lipinski definition) is 2. The van der Waals surface area contributed by atoms with Crippen molar-refractivity contribution in [1.82, 2.24) is 10.2 Å². The predicted molar refractivity (Wildman–Crippen MR) is 62.5 cm³/mol. The van der Waals surface area contributed by atoms with E-state index in [1.165, 1.54) is 19.5 Å². The second kappa shape index (κ2) is 4.63. The molecule has 0 saturated carbocycles. The van der Waals surface area contributed by atoms with Gasteiger partial charge in [-0.3, -0.25) is 0 Å². The number of piperidine rings is 1. The summed E-state index contributed by atoms with van der Waals surface area (Å²) < 4.78 is 0. The summed E-state index contributed by atoms with van der Waals surface area (Å²) in [7, 11) is 2.28. The van der Waals surface area contributed by atoms with E-state index in [0.717, 1.165) is 18.5 Å². The molecule has 1 heterocycles. The molecular weight excluding hydrogens is 172 g/mol. The van der Waals surface area contributed by atoms with E-state index in [1.807, 2.05) is 0 Å². The minimum atomic E-state index is 0.419. The summed E-state index contributed by atoms with van der Waals surface area (Å²) in [6.45, 7) is 12.9. The van der Waals surface area contributed by atoms with Crippen LogP contribution >= 0.6 is 0 Å². The highest BCUT2D eigenvalue weighted by Gasteiger charge is 2.34. The number of rotatable bonds is 3. The van der Waals surface area contributed by atoms with Gasteiger partial charge in [-0.05, 0) is 31.3 Å². The van der Waals surface area contributed by atoms with Gasteiger partial charge in [-0.15, -0.1) is 0 Å². The molecule has 1 saturated heterocycles. The van der Waals surface area contributed by atoms with Crippen LogP contribution in [0, 0.1) is 11.3 Å². The normalized spacial score (nSPS) is 27.2. The summed E-state index contributed by atoms with van der Waals surface area (Å²) in [5, 5.41) is 3.49. The molecule has 14 heavy (non-hydrogen) atoms. The lowest BCUT2D eigenvalue weighted by Gasteiger charge is -2.44. The minimum Gasteiger partial charge on any atom is -0.316 e. The van der Waals surface area contributed by atoms with Crippen molar-refractivity contribution in [2.75, 3.05) is 26.7 Å². The Balaban J connectivity index is 2.55. The first-order valence-corrected chi connectivity index (χ1v) is 5.84. The number of nitrogens with zero attached hydrogens (tertiary/aromatic N) is 1. The average molecular weight is 198 g/mol. The zero-order chi connectivity index (χ0) is 10.8. The zero-order valence-corrected chi connectivity index (χ0v) is 10.4. The summed E-state index contributed by atoms with van der Waals surface area (Å²) in [6.07, 6.45) is 1.29. The van der Waals surface area contributed by atoms with Crippen LogP contribution in [0.15, 0.2) is 0 Å². The van der Waals surface area contributed by atoms with Crippen LogP contribution in [-0.2, 0) is 0 Å². The van der Waals surface area contributed by atoms with E-state index in [1.54, 1.807) is 0 Å².